The summed E-state index contributed by atoms with van der Waals surface area (Å²) in [7, 11) is -9.17. The van der Waals surface area contributed by atoms with Gasteiger partial charge in [-0.05, 0) is 19.4 Å². The van der Waals surface area contributed by atoms with Crippen LogP contribution in [0.5, 0.6) is 0 Å². The largest absolute Gasteiger partial charge is 2.00 e. The Morgan fingerprint density at radius 1 is 1.25 bits per heavy atom. The Bertz CT molecular complexity index is 529. The molecule has 0 fully saturated rings. The van der Waals surface area contributed by atoms with E-state index in [-0.39, 0.29) is 25.9 Å². The summed E-state index contributed by atoms with van der Waals surface area (Å²) < 4.78 is 62.4. The third-order valence-corrected chi connectivity index (χ3v) is 4.49. The average Bonchev–Trinajstić information content (AvgIpc) is 2.01. The van der Waals surface area contributed by atoms with E-state index in [0.29, 0.717) is 0 Å². The number of rotatable bonds is 2. The van der Waals surface area contributed by atoms with Crippen molar-refractivity contribution >= 4 is 20.2 Å². The molecule has 9 heteroatoms. The van der Waals surface area contributed by atoms with E-state index >= 15 is 0 Å². The first kappa shape index (κ1) is 15.9. The summed E-state index contributed by atoms with van der Waals surface area (Å²) >= 11 is 0. The predicted octanol–water partition coefficient (Wildman–Crippen LogP) is -0.323. The second kappa shape index (κ2) is 4.66. The molecule has 6 nitrogen and oxygen atoms in total. The number of allylic oxidation sites excluding steroid dienone is 2. The van der Waals surface area contributed by atoms with Crippen molar-refractivity contribution in [2.75, 3.05) is 0 Å². The monoisotopic (exact) mass is 316 g/mol. The van der Waals surface area contributed by atoms with Crippen molar-refractivity contribution in [3.8, 4) is 0 Å². The van der Waals surface area contributed by atoms with Crippen LogP contribution >= 0.6 is 0 Å². The Morgan fingerprint density at radius 3 is 2.00 bits per heavy atom. The molecule has 0 spiro atoms. The Labute approximate surface area is 107 Å². The minimum Gasteiger partial charge on any atom is -0.747 e. The van der Waals surface area contributed by atoms with Gasteiger partial charge in [0.15, 0.2) is 0 Å². The van der Waals surface area contributed by atoms with Gasteiger partial charge in [-0.2, -0.15) is 0 Å². The van der Waals surface area contributed by atoms with E-state index in [2.05, 4.69) is 0 Å². The molecule has 0 aromatic carbocycles. The molecule has 0 radical (unpaired) electrons. The van der Waals surface area contributed by atoms with Gasteiger partial charge in [0.2, 0.25) is 0 Å². The van der Waals surface area contributed by atoms with E-state index in [1.54, 1.807) is 0 Å². The topological polar surface area (TPSA) is 114 Å². The summed E-state index contributed by atoms with van der Waals surface area (Å²) in [6.45, 7) is 1.16. The van der Waals surface area contributed by atoms with Gasteiger partial charge in [0.25, 0.3) is 0 Å². The molecule has 0 heterocycles. The maximum atomic E-state index is 10.8. The molecule has 0 saturated carbocycles. The van der Waals surface area contributed by atoms with Gasteiger partial charge < -0.3 is 9.11 Å². The Morgan fingerprint density at radius 2 is 1.75 bits per heavy atom. The van der Waals surface area contributed by atoms with Crippen LogP contribution < -0.4 is 0 Å². The maximum absolute atomic E-state index is 10.8. The van der Waals surface area contributed by atoms with Gasteiger partial charge in [0.1, 0.15) is 20.2 Å². The van der Waals surface area contributed by atoms with Gasteiger partial charge in [-0.25, -0.2) is 16.8 Å². The molecular formula is C7H8O6S2Zn. The Hall–Kier alpha value is -0.0766. The quantitative estimate of drug-likeness (QED) is 0.509. The van der Waals surface area contributed by atoms with Crippen LogP contribution in [0.3, 0.4) is 0 Å². The van der Waals surface area contributed by atoms with Gasteiger partial charge in [0.05, 0.1) is 9.65 Å². The van der Waals surface area contributed by atoms with E-state index in [0.717, 1.165) is 25.2 Å². The van der Waals surface area contributed by atoms with Crippen molar-refractivity contribution in [2.45, 2.75) is 18.1 Å². The van der Waals surface area contributed by atoms with Gasteiger partial charge in [0, 0.05) is 0 Å². The fourth-order valence-electron chi connectivity index (χ4n) is 1.07. The first-order valence-electron chi connectivity index (χ1n) is 3.87. The van der Waals surface area contributed by atoms with Crippen LogP contribution in [-0.4, -0.2) is 30.7 Å². The molecule has 0 amide bonds. The molecule has 0 aromatic heterocycles. The minimum absolute atomic E-state index is 0. The molecule has 1 aliphatic rings. The third kappa shape index (κ3) is 3.21. The Balaban J connectivity index is 0.00000225. The number of hydrogen-bond acceptors (Lipinski definition) is 6. The van der Waals surface area contributed by atoms with Crippen LogP contribution in [0.4, 0.5) is 0 Å². The van der Waals surface area contributed by atoms with Gasteiger partial charge in [-0.1, -0.05) is 12.2 Å². The zero-order valence-electron chi connectivity index (χ0n) is 8.41. The second-order valence-electron chi connectivity index (χ2n) is 3.36. The Kier molecular flexibility index (Phi) is 4.64. The smallest absolute Gasteiger partial charge is 0.747 e. The number of hydrogen-bond donors (Lipinski definition) is 0. The van der Waals surface area contributed by atoms with Crippen LogP contribution in [0.1, 0.15) is 13.3 Å². The van der Waals surface area contributed by atoms with Crippen molar-refractivity contribution in [2.24, 2.45) is 0 Å². The molecule has 16 heavy (non-hydrogen) atoms. The molecule has 0 bridgehead atoms. The van der Waals surface area contributed by atoms with Crippen molar-refractivity contribution < 1.29 is 45.4 Å². The predicted molar refractivity (Wildman–Crippen MR) is 49.6 cm³/mol. The van der Waals surface area contributed by atoms with Crippen molar-refractivity contribution in [1.82, 2.24) is 0 Å². The molecule has 0 aromatic rings. The van der Waals surface area contributed by atoms with Gasteiger partial charge in [-0.3, -0.25) is 0 Å². The molecule has 1 aliphatic carbocycles. The third-order valence-electron chi connectivity index (χ3n) is 2.17. The standard InChI is InChI=1S/C7H10O6S2.Zn/c1-7(15(11,12)13)4-2-6(3-5-7)14(8,9)10;/h2-4H,5H2,1H3,(H,8,9,10)(H,11,12,13);/q;+2/p-2. The summed E-state index contributed by atoms with van der Waals surface area (Å²) in [5.74, 6) is 0. The molecule has 1 atom stereocenters. The minimum atomic E-state index is -4.59. The first-order chi connectivity index (χ1) is 6.56. The average molecular weight is 318 g/mol. The van der Waals surface area contributed by atoms with Crippen LogP contribution in [-0.2, 0) is 39.7 Å². The molecule has 1 rings (SSSR count). The van der Waals surface area contributed by atoms with E-state index in [9.17, 15) is 25.9 Å². The molecule has 86 valence electrons. The maximum Gasteiger partial charge on any atom is 2.00 e. The molecular weight excluding hydrogens is 310 g/mol. The molecule has 0 N–H and O–H groups in total. The molecule has 0 aliphatic heterocycles. The van der Waals surface area contributed by atoms with Crippen LogP contribution in [0.15, 0.2) is 23.1 Å². The summed E-state index contributed by atoms with van der Waals surface area (Å²) in [6, 6.07) is 0. The second-order valence-corrected chi connectivity index (χ2v) is 6.59. The molecule has 1 unspecified atom stereocenters. The summed E-state index contributed by atoms with van der Waals surface area (Å²) in [5, 5.41) is 0. The van der Waals surface area contributed by atoms with Crippen LogP contribution in [0.2, 0.25) is 0 Å². The summed E-state index contributed by atoms with van der Waals surface area (Å²) in [5.41, 5.74) is 0. The van der Waals surface area contributed by atoms with Crippen molar-refractivity contribution in [3.63, 3.8) is 0 Å². The fraction of sp³-hybridized carbons (Fsp3) is 0.429. The summed E-state index contributed by atoms with van der Waals surface area (Å²) in [6.07, 6.45) is 2.41. The van der Waals surface area contributed by atoms with E-state index < -0.39 is 29.9 Å². The van der Waals surface area contributed by atoms with Crippen LogP contribution in [0.25, 0.3) is 0 Å². The normalized spacial score (nSPS) is 25.8. The van der Waals surface area contributed by atoms with Gasteiger partial charge >= 0.3 is 19.5 Å². The first-order valence-corrected chi connectivity index (χ1v) is 6.69. The fourth-order valence-corrected chi connectivity index (χ4v) is 2.11. The van der Waals surface area contributed by atoms with E-state index in [1.807, 2.05) is 0 Å². The summed E-state index contributed by atoms with van der Waals surface area (Å²) in [4.78, 5) is -0.511. The zero-order valence-corrected chi connectivity index (χ0v) is 13.0. The van der Waals surface area contributed by atoms with E-state index in [4.69, 9.17) is 0 Å². The van der Waals surface area contributed by atoms with Crippen molar-refractivity contribution in [1.29, 1.82) is 0 Å². The SMILES string of the molecule is CC1(S(=O)(=O)[O-])C=CC(S(=O)(=O)[O-])=CC1.[Zn+2]. The van der Waals surface area contributed by atoms with E-state index in [1.165, 1.54) is 0 Å². The molecule has 0 saturated heterocycles. The van der Waals surface area contributed by atoms with Gasteiger partial charge in [-0.15, -0.1) is 0 Å². The zero-order chi connectivity index (χ0) is 11.9. The van der Waals surface area contributed by atoms with Crippen LogP contribution in [0, 0.1) is 0 Å². The van der Waals surface area contributed by atoms with Crippen molar-refractivity contribution in [3.05, 3.63) is 23.1 Å².